The molecule has 0 fully saturated rings. The largest absolute Gasteiger partial charge is 0.326 e. The standard InChI is InChI=1S/C23H18ClN3O3/c24-16-10-12-17(13-11-16)25-21(28)14-20-22(29)26-18-8-4-5-9-19(18)27(20)23(30)15-6-2-1-3-7-15/h1-13,20H,14H2,(H,25,28)(H,26,29)/t20-/m0/s1. The van der Waals surface area contributed by atoms with Crippen molar-refractivity contribution in [2.24, 2.45) is 0 Å². The molecule has 0 bridgehead atoms. The third kappa shape index (κ3) is 4.04. The normalized spacial score (nSPS) is 15.2. The molecule has 0 aliphatic carbocycles. The number of hydrogen-bond acceptors (Lipinski definition) is 3. The van der Waals surface area contributed by atoms with Crippen LogP contribution in [0.3, 0.4) is 0 Å². The quantitative estimate of drug-likeness (QED) is 0.660. The number of nitrogens with zero attached hydrogens (tertiary/aromatic N) is 1. The van der Waals surface area contributed by atoms with Gasteiger partial charge >= 0.3 is 0 Å². The van der Waals surface area contributed by atoms with Gasteiger partial charge in [-0.25, -0.2) is 0 Å². The van der Waals surface area contributed by atoms with Gasteiger partial charge in [0.1, 0.15) is 6.04 Å². The first-order valence-corrected chi connectivity index (χ1v) is 9.74. The highest BCUT2D eigenvalue weighted by atomic mass is 35.5. The van der Waals surface area contributed by atoms with E-state index in [1.807, 2.05) is 6.07 Å². The molecule has 7 heteroatoms. The van der Waals surface area contributed by atoms with E-state index in [1.54, 1.807) is 72.8 Å². The van der Waals surface area contributed by atoms with E-state index in [1.165, 1.54) is 4.90 Å². The molecule has 1 aliphatic heterocycles. The van der Waals surface area contributed by atoms with Crippen molar-refractivity contribution in [1.29, 1.82) is 0 Å². The molecule has 1 aliphatic rings. The first-order chi connectivity index (χ1) is 14.5. The van der Waals surface area contributed by atoms with Gasteiger partial charge in [0.25, 0.3) is 5.91 Å². The van der Waals surface area contributed by atoms with Gasteiger partial charge in [-0.3, -0.25) is 19.3 Å². The molecule has 30 heavy (non-hydrogen) atoms. The summed E-state index contributed by atoms with van der Waals surface area (Å²) >= 11 is 5.87. The summed E-state index contributed by atoms with van der Waals surface area (Å²) in [5, 5.41) is 6.09. The highest BCUT2D eigenvalue weighted by Gasteiger charge is 2.38. The molecule has 1 atom stereocenters. The van der Waals surface area contributed by atoms with E-state index < -0.39 is 11.9 Å². The fourth-order valence-electron chi connectivity index (χ4n) is 3.37. The molecule has 3 amide bonds. The Morgan fingerprint density at radius 2 is 1.60 bits per heavy atom. The van der Waals surface area contributed by atoms with Crippen LogP contribution in [0, 0.1) is 0 Å². The molecule has 150 valence electrons. The first kappa shape index (κ1) is 19.7. The Bertz CT molecular complexity index is 1100. The molecule has 0 saturated heterocycles. The molecule has 0 saturated carbocycles. The fourth-order valence-corrected chi connectivity index (χ4v) is 3.49. The molecule has 0 radical (unpaired) electrons. The second-order valence-electron chi connectivity index (χ2n) is 6.82. The molecular formula is C23H18ClN3O3. The topological polar surface area (TPSA) is 78.5 Å². The molecule has 1 heterocycles. The van der Waals surface area contributed by atoms with E-state index in [0.29, 0.717) is 27.6 Å². The minimum Gasteiger partial charge on any atom is -0.326 e. The summed E-state index contributed by atoms with van der Waals surface area (Å²) in [4.78, 5) is 40.2. The summed E-state index contributed by atoms with van der Waals surface area (Å²) in [7, 11) is 0. The molecule has 0 unspecified atom stereocenters. The number of carbonyl (C=O) groups excluding carboxylic acids is 3. The highest BCUT2D eigenvalue weighted by Crippen LogP contribution is 2.34. The summed E-state index contributed by atoms with van der Waals surface area (Å²) in [6.45, 7) is 0. The Balaban J connectivity index is 1.64. The van der Waals surface area contributed by atoms with Crippen LogP contribution in [0.15, 0.2) is 78.9 Å². The van der Waals surface area contributed by atoms with Gasteiger partial charge in [0.05, 0.1) is 17.8 Å². The monoisotopic (exact) mass is 419 g/mol. The van der Waals surface area contributed by atoms with Crippen LogP contribution in [0.25, 0.3) is 0 Å². The van der Waals surface area contributed by atoms with Crippen molar-refractivity contribution < 1.29 is 14.4 Å². The van der Waals surface area contributed by atoms with E-state index >= 15 is 0 Å². The number of fused-ring (bicyclic) bond motifs is 1. The van der Waals surface area contributed by atoms with E-state index in [2.05, 4.69) is 10.6 Å². The molecular weight excluding hydrogens is 402 g/mol. The van der Waals surface area contributed by atoms with Crippen molar-refractivity contribution in [2.45, 2.75) is 12.5 Å². The van der Waals surface area contributed by atoms with E-state index in [0.717, 1.165) is 0 Å². The van der Waals surface area contributed by atoms with Crippen LogP contribution in [0.2, 0.25) is 5.02 Å². The number of carbonyl (C=O) groups is 3. The zero-order valence-electron chi connectivity index (χ0n) is 15.8. The van der Waals surface area contributed by atoms with Crippen molar-refractivity contribution in [1.82, 2.24) is 0 Å². The summed E-state index contributed by atoms with van der Waals surface area (Å²) in [5.74, 6) is -1.14. The van der Waals surface area contributed by atoms with Crippen LogP contribution >= 0.6 is 11.6 Å². The first-order valence-electron chi connectivity index (χ1n) is 9.37. The number of hydrogen-bond donors (Lipinski definition) is 2. The maximum atomic E-state index is 13.3. The highest BCUT2D eigenvalue weighted by molar-refractivity contribution is 6.30. The van der Waals surface area contributed by atoms with Crippen LogP contribution in [-0.2, 0) is 9.59 Å². The summed E-state index contributed by atoms with van der Waals surface area (Å²) in [5.41, 5.74) is 2.07. The van der Waals surface area contributed by atoms with E-state index in [4.69, 9.17) is 11.6 Å². The van der Waals surface area contributed by atoms with Crippen molar-refractivity contribution >= 4 is 46.4 Å². The van der Waals surface area contributed by atoms with E-state index in [9.17, 15) is 14.4 Å². The van der Waals surface area contributed by atoms with Crippen LogP contribution in [0.5, 0.6) is 0 Å². The van der Waals surface area contributed by atoms with Crippen LogP contribution < -0.4 is 15.5 Å². The molecule has 3 aromatic rings. The number of para-hydroxylation sites is 2. The predicted octanol–water partition coefficient (Wildman–Crippen LogP) is 4.34. The van der Waals surface area contributed by atoms with Crippen LogP contribution in [-0.4, -0.2) is 23.8 Å². The number of halogens is 1. The lowest BCUT2D eigenvalue weighted by Gasteiger charge is -2.36. The minimum absolute atomic E-state index is 0.193. The molecule has 0 spiro atoms. The van der Waals surface area contributed by atoms with E-state index in [-0.39, 0.29) is 18.2 Å². The van der Waals surface area contributed by atoms with Gasteiger partial charge in [-0.1, -0.05) is 41.9 Å². The van der Waals surface area contributed by atoms with Gasteiger partial charge in [0.15, 0.2) is 0 Å². The fraction of sp³-hybridized carbons (Fsp3) is 0.0870. The van der Waals surface area contributed by atoms with Crippen LogP contribution in [0.4, 0.5) is 17.1 Å². The Morgan fingerprint density at radius 3 is 2.33 bits per heavy atom. The zero-order valence-corrected chi connectivity index (χ0v) is 16.6. The molecule has 6 nitrogen and oxygen atoms in total. The second kappa shape index (κ2) is 8.39. The average molecular weight is 420 g/mol. The Morgan fingerprint density at radius 1 is 0.933 bits per heavy atom. The maximum absolute atomic E-state index is 13.3. The Hall–Kier alpha value is -3.64. The lowest BCUT2D eigenvalue weighted by Crippen LogP contribution is -2.52. The van der Waals surface area contributed by atoms with Gasteiger partial charge in [-0.15, -0.1) is 0 Å². The maximum Gasteiger partial charge on any atom is 0.259 e. The predicted molar refractivity (Wildman–Crippen MR) is 117 cm³/mol. The Kier molecular flexibility index (Phi) is 5.50. The summed E-state index contributed by atoms with van der Waals surface area (Å²) in [6.07, 6.45) is -0.193. The number of amides is 3. The van der Waals surface area contributed by atoms with Crippen LogP contribution in [0.1, 0.15) is 16.8 Å². The zero-order chi connectivity index (χ0) is 21.1. The summed E-state index contributed by atoms with van der Waals surface area (Å²) in [6, 6.07) is 21.4. The van der Waals surface area contributed by atoms with Crippen molar-refractivity contribution in [3.8, 4) is 0 Å². The molecule has 3 aromatic carbocycles. The van der Waals surface area contributed by atoms with Gasteiger partial charge in [0, 0.05) is 16.3 Å². The van der Waals surface area contributed by atoms with Crippen molar-refractivity contribution in [2.75, 3.05) is 15.5 Å². The van der Waals surface area contributed by atoms with Gasteiger partial charge < -0.3 is 10.6 Å². The summed E-state index contributed by atoms with van der Waals surface area (Å²) < 4.78 is 0. The molecule has 2 N–H and O–H groups in total. The smallest absolute Gasteiger partial charge is 0.259 e. The van der Waals surface area contributed by atoms with Gasteiger partial charge in [-0.2, -0.15) is 0 Å². The second-order valence-corrected chi connectivity index (χ2v) is 7.26. The third-order valence-electron chi connectivity index (χ3n) is 4.78. The third-order valence-corrected chi connectivity index (χ3v) is 5.03. The Labute approximate surface area is 178 Å². The molecule has 4 rings (SSSR count). The minimum atomic E-state index is -0.986. The van der Waals surface area contributed by atoms with Gasteiger partial charge in [0.2, 0.25) is 11.8 Å². The number of nitrogens with one attached hydrogen (secondary N) is 2. The number of anilines is 3. The lowest BCUT2D eigenvalue weighted by atomic mass is 10.0. The number of rotatable bonds is 4. The van der Waals surface area contributed by atoms with Crippen molar-refractivity contribution in [3.63, 3.8) is 0 Å². The number of benzene rings is 3. The van der Waals surface area contributed by atoms with Gasteiger partial charge in [-0.05, 0) is 48.5 Å². The van der Waals surface area contributed by atoms with Crippen molar-refractivity contribution in [3.05, 3.63) is 89.4 Å². The SMILES string of the molecule is O=C(C[C@H]1C(=O)Nc2ccccc2N1C(=O)c1ccccc1)Nc1ccc(Cl)cc1. The molecule has 0 aromatic heterocycles. The lowest BCUT2D eigenvalue weighted by molar-refractivity contribution is -0.122. The average Bonchev–Trinajstić information content (AvgIpc) is 2.76.